The van der Waals surface area contributed by atoms with Crippen molar-refractivity contribution >= 4 is 39.1 Å². The number of carbonyl (C=O) groups excluding carboxylic acids is 1. The second kappa shape index (κ2) is 7.77. The summed E-state index contributed by atoms with van der Waals surface area (Å²) in [6, 6.07) is 12.2. The van der Waals surface area contributed by atoms with Gasteiger partial charge in [-0.25, -0.2) is 14.3 Å². The maximum absolute atomic E-state index is 13.0. The van der Waals surface area contributed by atoms with E-state index < -0.39 is 5.91 Å². The number of fused-ring (bicyclic) bond motifs is 1. The lowest BCUT2D eigenvalue weighted by atomic mass is 10.2. The van der Waals surface area contributed by atoms with Gasteiger partial charge in [0, 0.05) is 16.0 Å². The number of thiophene rings is 1. The van der Waals surface area contributed by atoms with E-state index in [2.05, 4.69) is 15.5 Å². The zero-order valence-corrected chi connectivity index (χ0v) is 18.6. The Kier molecular flexibility index (Phi) is 4.91. The third-order valence-corrected chi connectivity index (χ3v) is 6.47. The molecule has 160 valence electrons. The molecule has 1 amide bonds. The van der Waals surface area contributed by atoms with Gasteiger partial charge in [-0.1, -0.05) is 11.6 Å². The number of rotatable bonds is 4. The minimum absolute atomic E-state index is 0.108. The van der Waals surface area contributed by atoms with Crippen LogP contribution in [0.15, 0.2) is 64.3 Å². The number of halogens is 1. The Morgan fingerprint density at radius 3 is 2.69 bits per heavy atom. The lowest BCUT2D eigenvalue weighted by Crippen LogP contribution is -2.33. The van der Waals surface area contributed by atoms with Crippen LogP contribution in [0.5, 0.6) is 0 Å². The van der Waals surface area contributed by atoms with Crippen molar-refractivity contribution in [2.45, 2.75) is 13.8 Å². The molecule has 0 unspecified atom stereocenters. The van der Waals surface area contributed by atoms with Crippen LogP contribution in [0.2, 0.25) is 5.02 Å². The first kappa shape index (κ1) is 20.2. The minimum Gasteiger partial charge on any atom is -0.463 e. The first-order valence-corrected chi connectivity index (χ1v) is 10.8. The standard InChI is InChI=1S/C22H16ClN5O3S/c1-12-13(2)32-21-19(12)22(30)27(11-24-21)26-20(29)16-10-17(18-4-3-9-31-18)28(25-16)15-7-5-14(23)6-8-15/h3-11H,1-2H3,(H,26,29). The number of hydrogen-bond donors (Lipinski definition) is 1. The van der Waals surface area contributed by atoms with Gasteiger partial charge in [-0.15, -0.1) is 11.3 Å². The van der Waals surface area contributed by atoms with Gasteiger partial charge in [-0.3, -0.25) is 15.0 Å². The van der Waals surface area contributed by atoms with Crippen LogP contribution in [0.25, 0.3) is 27.4 Å². The molecule has 0 aliphatic carbocycles. The van der Waals surface area contributed by atoms with Gasteiger partial charge in [0.1, 0.15) is 16.9 Å². The number of hydrogen-bond acceptors (Lipinski definition) is 6. The van der Waals surface area contributed by atoms with E-state index in [1.807, 2.05) is 13.8 Å². The maximum Gasteiger partial charge on any atom is 0.290 e. The van der Waals surface area contributed by atoms with Crippen molar-refractivity contribution in [1.29, 1.82) is 0 Å². The van der Waals surface area contributed by atoms with Gasteiger partial charge in [0.05, 0.1) is 17.3 Å². The van der Waals surface area contributed by atoms with Crippen molar-refractivity contribution in [2.75, 3.05) is 5.43 Å². The number of furan rings is 1. The number of nitrogens with zero attached hydrogens (tertiary/aromatic N) is 4. The number of aryl methyl sites for hydroxylation is 2. The lowest BCUT2D eigenvalue weighted by molar-refractivity contribution is 0.100. The molecule has 0 aliphatic heterocycles. The average molecular weight is 466 g/mol. The van der Waals surface area contributed by atoms with Crippen LogP contribution < -0.4 is 11.0 Å². The molecule has 4 heterocycles. The molecule has 0 bridgehead atoms. The van der Waals surface area contributed by atoms with Crippen LogP contribution in [0, 0.1) is 13.8 Å². The molecule has 5 aromatic rings. The quantitative estimate of drug-likeness (QED) is 0.420. The third-order valence-electron chi connectivity index (χ3n) is 5.10. The summed E-state index contributed by atoms with van der Waals surface area (Å²) < 4.78 is 8.18. The summed E-state index contributed by atoms with van der Waals surface area (Å²) in [5.41, 5.74) is 4.48. The van der Waals surface area contributed by atoms with Crippen molar-refractivity contribution in [2.24, 2.45) is 0 Å². The highest BCUT2D eigenvalue weighted by molar-refractivity contribution is 7.18. The van der Waals surface area contributed by atoms with Gasteiger partial charge in [0.25, 0.3) is 11.5 Å². The van der Waals surface area contributed by atoms with E-state index in [9.17, 15) is 9.59 Å². The molecule has 32 heavy (non-hydrogen) atoms. The topological polar surface area (TPSA) is 95.0 Å². The van der Waals surface area contributed by atoms with Crippen LogP contribution in [0.4, 0.5) is 0 Å². The molecule has 0 aliphatic rings. The molecule has 5 rings (SSSR count). The summed E-state index contributed by atoms with van der Waals surface area (Å²) in [5.74, 6) is -0.0190. The Morgan fingerprint density at radius 1 is 1.19 bits per heavy atom. The van der Waals surface area contributed by atoms with Gasteiger partial charge < -0.3 is 4.42 Å². The Morgan fingerprint density at radius 2 is 1.97 bits per heavy atom. The molecule has 0 spiro atoms. The van der Waals surface area contributed by atoms with Crippen LogP contribution in [0.3, 0.4) is 0 Å². The number of aromatic nitrogens is 4. The van der Waals surface area contributed by atoms with E-state index in [0.717, 1.165) is 15.1 Å². The molecule has 4 aromatic heterocycles. The van der Waals surface area contributed by atoms with Gasteiger partial charge in [0.2, 0.25) is 0 Å². The third kappa shape index (κ3) is 3.41. The summed E-state index contributed by atoms with van der Waals surface area (Å²) in [6.07, 6.45) is 2.85. The molecule has 0 fully saturated rings. The fourth-order valence-electron chi connectivity index (χ4n) is 3.35. The lowest BCUT2D eigenvalue weighted by Gasteiger charge is -2.06. The zero-order valence-electron chi connectivity index (χ0n) is 17.0. The second-order valence-corrected chi connectivity index (χ2v) is 8.74. The van der Waals surface area contributed by atoms with Crippen molar-refractivity contribution in [3.8, 4) is 17.1 Å². The highest BCUT2D eigenvalue weighted by atomic mass is 35.5. The summed E-state index contributed by atoms with van der Waals surface area (Å²) in [6.45, 7) is 3.80. The highest BCUT2D eigenvalue weighted by Crippen LogP contribution is 2.26. The van der Waals surface area contributed by atoms with Crippen molar-refractivity contribution in [3.05, 3.63) is 86.6 Å². The highest BCUT2D eigenvalue weighted by Gasteiger charge is 2.20. The van der Waals surface area contributed by atoms with Crippen molar-refractivity contribution in [1.82, 2.24) is 19.4 Å². The van der Waals surface area contributed by atoms with Gasteiger partial charge >= 0.3 is 0 Å². The Balaban J connectivity index is 1.54. The van der Waals surface area contributed by atoms with Crippen LogP contribution in [0.1, 0.15) is 20.9 Å². The predicted molar refractivity (Wildman–Crippen MR) is 123 cm³/mol. The number of amides is 1. The van der Waals surface area contributed by atoms with Gasteiger partial charge in [0.15, 0.2) is 11.5 Å². The predicted octanol–water partition coefficient (Wildman–Crippen LogP) is 4.56. The van der Waals surface area contributed by atoms with E-state index in [4.69, 9.17) is 16.0 Å². The van der Waals surface area contributed by atoms with Crippen molar-refractivity contribution in [3.63, 3.8) is 0 Å². The summed E-state index contributed by atoms with van der Waals surface area (Å²) >= 11 is 7.45. The Bertz CT molecular complexity index is 1510. The van der Waals surface area contributed by atoms with Crippen LogP contribution in [-0.4, -0.2) is 25.3 Å². The normalized spacial score (nSPS) is 11.2. The van der Waals surface area contributed by atoms with Crippen molar-refractivity contribution < 1.29 is 9.21 Å². The number of carbonyl (C=O) groups is 1. The molecule has 0 radical (unpaired) electrons. The molecular formula is C22H16ClN5O3S. The second-order valence-electron chi connectivity index (χ2n) is 7.10. The number of nitrogens with one attached hydrogen (secondary N) is 1. The molecular weight excluding hydrogens is 450 g/mol. The largest absolute Gasteiger partial charge is 0.463 e. The summed E-state index contributed by atoms with van der Waals surface area (Å²) in [7, 11) is 0. The van der Waals surface area contributed by atoms with Gasteiger partial charge in [-0.05, 0) is 55.8 Å². The molecule has 0 atom stereocenters. The van der Waals surface area contributed by atoms with E-state index in [0.29, 0.717) is 32.4 Å². The SMILES string of the molecule is Cc1sc2ncn(NC(=O)c3cc(-c4ccco4)n(-c4ccc(Cl)cc4)n3)c(=O)c2c1C. The fourth-order valence-corrected chi connectivity index (χ4v) is 4.47. The Hall–Kier alpha value is -3.69. The zero-order chi connectivity index (χ0) is 22.4. The number of benzene rings is 1. The Labute approximate surface area is 190 Å². The molecule has 8 nitrogen and oxygen atoms in total. The van der Waals surface area contributed by atoms with E-state index in [1.165, 1.54) is 17.7 Å². The van der Waals surface area contributed by atoms with Crippen LogP contribution in [-0.2, 0) is 0 Å². The van der Waals surface area contributed by atoms with Crippen LogP contribution >= 0.6 is 22.9 Å². The smallest absolute Gasteiger partial charge is 0.290 e. The fraction of sp³-hybridized carbons (Fsp3) is 0.0909. The molecule has 1 N–H and O–H groups in total. The van der Waals surface area contributed by atoms with E-state index >= 15 is 0 Å². The first-order chi connectivity index (χ1) is 15.4. The summed E-state index contributed by atoms with van der Waals surface area (Å²) in [5, 5.41) is 5.53. The van der Waals surface area contributed by atoms with Gasteiger partial charge in [-0.2, -0.15) is 5.10 Å². The monoisotopic (exact) mass is 465 g/mol. The van der Waals surface area contributed by atoms with E-state index in [-0.39, 0.29) is 11.3 Å². The maximum atomic E-state index is 13.0. The molecule has 0 saturated carbocycles. The average Bonchev–Trinajstić information content (AvgIpc) is 3.50. The molecule has 1 aromatic carbocycles. The molecule has 0 saturated heterocycles. The first-order valence-electron chi connectivity index (χ1n) is 9.61. The summed E-state index contributed by atoms with van der Waals surface area (Å²) in [4.78, 5) is 31.9. The molecule has 10 heteroatoms. The van der Waals surface area contributed by atoms with E-state index in [1.54, 1.807) is 53.4 Å². The minimum atomic E-state index is -0.557.